The fourth-order valence-corrected chi connectivity index (χ4v) is 4.74. The summed E-state index contributed by atoms with van der Waals surface area (Å²) in [6, 6.07) is 15.9. The zero-order valence-electron chi connectivity index (χ0n) is 16.5. The third kappa shape index (κ3) is 4.28. The molecular weight excluding hydrogens is 420 g/mol. The lowest BCUT2D eigenvalue weighted by Crippen LogP contribution is -2.38. The van der Waals surface area contributed by atoms with E-state index in [4.69, 9.17) is 5.14 Å². The minimum absolute atomic E-state index is 0.0254. The number of carbonyl (C=O) groups is 1. The van der Waals surface area contributed by atoms with Crippen molar-refractivity contribution in [2.45, 2.75) is 11.8 Å². The van der Waals surface area contributed by atoms with Gasteiger partial charge in [-0.15, -0.1) is 0 Å². The quantitative estimate of drug-likeness (QED) is 0.670. The molecule has 1 amide bonds. The summed E-state index contributed by atoms with van der Waals surface area (Å²) in [5, 5.41) is 9.79. The Morgan fingerprint density at radius 2 is 1.67 bits per heavy atom. The van der Waals surface area contributed by atoms with Crippen LogP contribution in [-0.4, -0.2) is 53.6 Å². The summed E-state index contributed by atoms with van der Waals surface area (Å²) in [6.07, 6.45) is 0. The first-order chi connectivity index (χ1) is 14.3. The molecule has 156 valence electrons. The molecular formula is C21H22N4O3S2. The highest BCUT2D eigenvalue weighted by Gasteiger charge is 2.23. The minimum atomic E-state index is -3.78. The second-order valence-corrected chi connectivity index (χ2v) is 9.92. The molecule has 2 N–H and O–H groups in total. The highest BCUT2D eigenvalue weighted by atomic mass is 32.2. The van der Waals surface area contributed by atoms with Crippen LogP contribution in [0.4, 0.5) is 0 Å². The maximum absolute atomic E-state index is 13.0. The summed E-state index contributed by atoms with van der Waals surface area (Å²) >= 11 is 1.84. The molecule has 2 heterocycles. The van der Waals surface area contributed by atoms with Gasteiger partial charge in [-0.1, -0.05) is 29.8 Å². The Hall–Kier alpha value is -2.62. The molecule has 1 aliphatic rings. The number of sulfonamides is 1. The van der Waals surface area contributed by atoms with E-state index >= 15 is 0 Å². The number of rotatable bonds is 4. The third-order valence-corrected chi connectivity index (χ3v) is 6.86. The number of benzene rings is 2. The molecule has 2 aromatic carbocycles. The van der Waals surface area contributed by atoms with Crippen LogP contribution in [0, 0.1) is 6.92 Å². The summed E-state index contributed by atoms with van der Waals surface area (Å²) in [7, 11) is -3.78. The van der Waals surface area contributed by atoms with Gasteiger partial charge in [-0.2, -0.15) is 16.9 Å². The zero-order valence-corrected chi connectivity index (χ0v) is 18.1. The Kier molecular flexibility index (Phi) is 5.68. The van der Waals surface area contributed by atoms with Crippen LogP contribution in [-0.2, 0) is 10.0 Å². The van der Waals surface area contributed by atoms with Gasteiger partial charge in [0, 0.05) is 30.2 Å². The van der Waals surface area contributed by atoms with E-state index in [1.807, 2.05) is 47.9 Å². The lowest BCUT2D eigenvalue weighted by molar-refractivity contribution is 0.0766. The molecule has 7 nitrogen and oxygen atoms in total. The summed E-state index contributed by atoms with van der Waals surface area (Å²) in [5.41, 5.74) is 3.81. The van der Waals surface area contributed by atoms with E-state index < -0.39 is 10.0 Å². The molecule has 0 atom stereocenters. The smallest absolute Gasteiger partial charge is 0.274 e. The van der Waals surface area contributed by atoms with Gasteiger partial charge in [0.05, 0.1) is 16.3 Å². The molecule has 3 aromatic rings. The minimum Gasteiger partial charge on any atom is -0.336 e. The van der Waals surface area contributed by atoms with Gasteiger partial charge in [0.15, 0.2) is 5.69 Å². The number of aromatic nitrogens is 2. The lowest BCUT2D eigenvalue weighted by Gasteiger charge is -2.25. The largest absolute Gasteiger partial charge is 0.336 e. The van der Waals surface area contributed by atoms with E-state index in [0.717, 1.165) is 28.3 Å². The van der Waals surface area contributed by atoms with Crippen LogP contribution in [0.2, 0.25) is 0 Å². The fraction of sp³-hybridized carbons (Fsp3) is 0.238. The summed E-state index contributed by atoms with van der Waals surface area (Å²) < 4.78 is 24.8. The van der Waals surface area contributed by atoms with Crippen LogP contribution < -0.4 is 5.14 Å². The molecule has 1 aliphatic heterocycles. The first kappa shape index (κ1) is 20.6. The number of hydrogen-bond donors (Lipinski definition) is 1. The number of primary sulfonamides is 1. The molecule has 1 aromatic heterocycles. The van der Waals surface area contributed by atoms with Crippen molar-refractivity contribution in [1.29, 1.82) is 0 Å². The Morgan fingerprint density at radius 3 is 2.27 bits per heavy atom. The van der Waals surface area contributed by atoms with Crippen molar-refractivity contribution in [3.05, 3.63) is 65.9 Å². The molecule has 0 saturated carbocycles. The van der Waals surface area contributed by atoms with E-state index in [2.05, 4.69) is 5.10 Å². The van der Waals surface area contributed by atoms with E-state index in [0.29, 0.717) is 24.5 Å². The maximum atomic E-state index is 13.0. The molecule has 0 radical (unpaired) electrons. The molecule has 0 bridgehead atoms. The number of aryl methyl sites for hydroxylation is 1. The van der Waals surface area contributed by atoms with Gasteiger partial charge in [-0.25, -0.2) is 18.2 Å². The molecule has 9 heteroatoms. The van der Waals surface area contributed by atoms with Crippen molar-refractivity contribution < 1.29 is 13.2 Å². The maximum Gasteiger partial charge on any atom is 0.274 e. The van der Waals surface area contributed by atoms with E-state index in [1.54, 1.807) is 22.9 Å². The SMILES string of the molecule is Cc1ccc(-c2cc(C(=O)N3CCSCC3)nn2-c2ccc(S(N)(=O)=O)cc2)cc1. The number of nitrogens with zero attached hydrogens (tertiary/aromatic N) is 3. The average molecular weight is 443 g/mol. The Bertz CT molecular complexity index is 1160. The average Bonchev–Trinajstić information content (AvgIpc) is 3.19. The Morgan fingerprint density at radius 1 is 1.03 bits per heavy atom. The number of thioether (sulfide) groups is 1. The fourth-order valence-electron chi connectivity index (χ4n) is 3.32. The van der Waals surface area contributed by atoms with Gasteiger partial charge in [0.1, 0.15) is 0 Å². The van der Waals surface area contributed by atoms with Gasteiger partial charge >= 0.3 is 0 Å². The predicted octanol–water partition coefficient (Wildman–Crippen LogP) is 2.68. The van der Waals surface area contributed by atoms with Crippen LogP contribution in [0.5, 0.6) is 0 Å². The van der Waals surface area contributed by atoms with Crippen molar-refractivity contribution in [2.24, 2.45) is 5.14 Å². The van der Waals surface area contributed by atoms with Crippen molar-refractivity contribution in [2.75, 3.05) is 24.6 Å². The van der Waals surface area contributed by atoms with Gasteiger partial charge in [-0.3, -0.25) is 4.79 Å². The highest BCUT2D eigenvalue weighted by molar-refractivity contribution is 7.99. The van der Waals surface area contributed by atoms with Gasteiger partial charge in [-0.05, 0) is 37.3 Å². The second-order valence-electron chi connectivity index (χ2n) is 7.14. The third-order valence-electron chi connectivity index (χ3n) is 4.98. The highest BCUT2D eigenvalue weighted by Crippen LogP contribution is 2.26. The van der Waals surface area contributed by atoms with Crippen LogP contribution in [0.15, 0.2) is 59.5 Å². The topological polar surface area (TPSA) is 98.3 Å². The molecule has 30 heavy (non-hydrogen) atoms. The van der Waals surface area contributed by atoms with Crippen molar-refractivity contribution in [3.8, 4) is 16.9 Å². The zero-order chi connectivity index (χ0) is 21.3. The summed E-state index contributed by atoms with van der Waals surface area (Å²) in [6.45, 7) is 3.43. The van der Waals surface area contributed by atoms with E-state index in [9.17, 15) is 13.2 Å². The van der Waals surface area contributed by atoms with Crippen molar-refractivity contribution in [3.63, 3.8) is 0 Å². The lowest BCUT2D eigenvalue weighted by atomic mass is 10.1. The monoisotopic (exact) mass is 442 g/mol. The van der Waals surface area contributed by atoms with Gasteiger partial charge < -0.3 is 4.90 Å². The van der Waals surface area contributed by atoms with Crippen molar-refractivity contribution >= 4 is 27.7 Å². The second kappa shape index (κ2) is 8.25. The first-order valence-electron chi connectivity index (χ1n) is 9.50. The van der Waals surface area contributed by atoms with Gasteiger partial charge in [0.2, 0.25) is 10.0 Å². The number of nitrogens with two attached hydrogens (primary N) is 1. The van der Waals surface area contributed by atoms with E-state index in [-0.39, 0.29) is 10.8 Å². The van der Waals surface area contributed by atoms with Crippen LogP contribution in [0.25, 0.3) is 16.9 Å². The van der Waals surface area contributed by atoms with E-state index in [1.165, 1.54) is 12.1 Å². The number of amides is 1. The predicted molar refractivity (Wildman–Crippen MR) is 118 cm³/mol. The first-order valence-corrected chi connectivity index (χ1v) is 12.2. The summed E-state index contributed by atoms with van der Waals surface area (Å²) in [4.78, 5) is 14.9. The van der Waals surface area contributed by atoms with Gasteiger partial charge in [0.25, 0.3) is 5.91 Å². The molecule has 0 aliphatic carbocycles. The Balaban J connectivity index is 1.78. The molecule has 1 fully saturated rings. The molecule has 1 saturated heterocycles. The summed E-state index contributed by atoms with van der Waals surface area (Å²) in [5.74, 6) is 1.75. The standard InChI is InChI=1S/C21H22N4O3S2/c1-15-2-4-16(5-3-15)20-14-19(21(26)24-10-12-29-13-11-24)23-25(20)17-6-8-18(9-7-17)30(22,27)28/h2-9,14H,10-13H2,1H3,(H2,22,27,28). The molecule has 0 unspecified atom stereocenters. The normalized spacial score (nSPS) is 14.7. The van der Waals surface area contributed by atoms with Crippen molar-refractivity contribution in [1.82, 2.24) is 14.7 Å². The number of carbonyl (C=O) groups excluding carboxylic acids is 1. The van der Waals surface area contributed by atoms with Crippen LogP contribution >= 0.6 is 11.8 Å². The molecule has 0 spiro atoms. The van der Waals surface area contributed by atoms with Crippen LogP contribution in [0.3, 0.4) is 0 Å². The number of hydrogen-bond acceptors (Lipinski definition) is 5. The Labute approximate surface area is 179 Å². The van der Waals surface area contributed by atoms with Crippen LogP contribution in [0.1, 0.15) is 16.1 Å². The molecule has 4 rings (SSSR count).